The van der Waals surface area contributed by atoms with Crippen LogP contribution >= 0.6 is 0 Å². The minimum Gasteiger partial charge on any atom is -0.507 e. The number of rotatable bonds is 18. The fraction of sp³-hybridized carbons (Fsp3) is 0.634. The third-order valence-electron chi connectivity index (χ3n) is 9.76. The Morgan fingerprint density at radius 1 is 1.02 bits per heavy atom. The Balaban J connectivity index is 2.04. The van der Waals surface area contributed by atoms with Crippen LogP contribution in [0.2, 0.25) is 0 Å². The number of hydrogen-bond acceptors (Lipinski definition) is 9. The Bertz CT molecular complexity index is 1420. The molecule has 1 aliphatic heterocycles. The third-order valence-corrected chi connectivity index (χ3v) is 9.76. The van der Waals surface area contributed by atoms with E-state index in [1.165, 1.54) is 17.2 Å². The Morgan fingerprint density at radius 2 is 1.68 bits per heavy atom. The summed E-state index contributed by atoms with van der Waals surface area (Å²) in [4.78, 5) is 13.0. The molecule has 0 aliphatic carbocycles. The largest absolute Gasteiger partial charge is 0.507 e. The van der Waals surface area contributed by atoms with Crippen molar-refractivity contribution in [3.63, 3.8) is 0 Å². The minimum absolute atomic E-state index is 0.0114. The highest BCUT2D eigenvalue weighted by Crippen LogP contribution is 2.37. The van der Waals surface area contributed by atoms with Gasteiger partial charge in [0, 0.05) is 25.0 Å². The van der Waals surface area contributed by atoms with Gasteiger partial charge in [0.25, 0.3) is 0 Å². The lowest BCUT2D eigenvalue weighted by molar-refractivity contribution is -0.180. The highest BCUT2D eigenvalue weighted by molar-refractivity contribution is 5.36. The first-order valence-electron chi connectivity index (χ1n) is 18.1. The molecule has 0 bridgehead atoms. The standard InChI is InChI=1S/C41H64O9/c1-10-25(2)16-26(3)12-11-13-27(4)17-29(6)18-30(7)20-31(23-42)19-28(5)14-15-35(46)41(8,9)36-22-33(44)37(40(48)50-36)39-38(47)34(45)21-32(24-43)49-39/h11-16,19,22,25,29-32,34-35,38-39,42-47H,10,17-18,20-21,23-24H2,1-9H3. The molecule has 2 rings (SSSR count). The van der Waals surface area contributed by atoms with Crippen molar-refractivity contribution in [1.82, 2.24) is 0 Å². The molecule has 1 aliphatic rings. The highest BCUT2D eigenvalue weighted by Gasteiger charge is 2.41. The van der Waals surface area contributed by atoms with Crippen LogP contribution in [0.1, 0.15) is 112 Å². The van der Waals surface area contributed by atoms with Crippen LogP contribution in [0.25, 0.3) is 0 Å². The molecule has 0 amide bonds. The van der Waals surface area contributed by atoms with Gasteiger partial charge in [0.15, 0.2) is 0 Å². The highest BCUT2D eigenvalue weighted by atomic mass is 16.5. The van der Waals surface area contributed by atoms with Gasteiger partial charge in [-0.05, 0) is 71.6 Å². The number of aromatic hydroxyl groups is 1. The van der Waals surface area contributed by atoms with Crippen molar-refractivity contribution < 1.29 is 39.8 Å². The molecule has 1 aromatic heterocycles. The van der Waals surface area contributed by atoms with E-state index in [2.05, 4.69) is 65.8 Å². The summed E-state index contributed by atoms with van der Waals surface area (Å²) in [5.74, 6) is 0.947. The molecule has 9 atom stereocenters. The Hall–Kier alpha value is -2.79. The normalized spacial score (nSPS) is 24.5. The molecular formula is C41H64O9. The van der Waals surface area contributed by atoms with Gasteiger partial charge >= 0.3 is 5.63 Å². The third kappa shape index (κ3) is 13.1. The summed E-state index contributed by atoms with van der Waals surface area (Å²) in [7, 11) is 0. The van der Waals surface area contributed by atoms with Crippen molar-refractivity contribution in [2.45, 2.75) is 130 Å². The van der Waals surface area contributed by atoms with Gasteiger partial charge in [-0.25, -0.2) is 4.79 Å². The van der Waals surface area contributed by atoms with Crippen molar-refractivity contribution in [3.8, 4) is 5.75 Å². The second-order valence-corrected chi connectivity index (χ2v) is 15.3. The van der Waals surface area contributed by atoms with Gasteiger partial charge in [0.05, 0.1) is 30.3 Å². The first kappa shape index (κ1) is 43.4. The van der Waals surface area contributed by atoms with E-state index in [1.54, 1.807) is 26.0 Å². The predicted octanol–water partition coefficient (Wildman–Crippen LogP) is 6.58. The smallest absolute Gasteiger partial charge is 0.345 e. The maximum absolute atomic E-state index is 13.0. The van der Waals surface area contributed by atoms with Gasteiger partial charge in [-0.3, -0.25) is 0 Å². The van der Waals surface area contributed by atoms with E-state index in [0.717, 1.165) is 31.3 Å². The molecule has 0 radical (unpaired) electrons. The molecule has 9 unspecified atom stereocenters. The van der Waals surface area contributed by atoms with Crippen molar-refractivity contribution >= 4 is 0 Å². The van der Waals surface area contributed by atoms with Gasteiger partial charge in [-0.1, -0.05) is 93.4 Å². The van der Waals surface area contributed by atoms with Crippen LogP contribution in [0.4, 0.5) is 0 Å². The molecule has 6 N–H and O–H groups in total. The topological polar surface area (TPSA) is 161 Å². The zero-order valence-corrected chi connectivity index (χ0v) is 31.7. The van der Waals surface area contributed by atoms with Gasteiger partial charge < -0.3 is 39.8 Å². The molecule has 0 spiro atoms. The Labute approximate surface area is 299 Å². The molecule has 2 heterocycles. The van der Waals surface area contributed by atoms with Crippen molar-refractivity contribution in [1.29, 1.82) is 0 Å². The molecule has 9 nitrogen and oxygen atoms in total. The summed E-state index contributed by atoms with van der Waals surface area (Å²) in [6.45, 7) is 18.0. The van der Waals surface area contributed by atoms with E-state index in [0.29, 0.717) is 17.8 Å². The summed E-state index contributed by atoms with van der Waals surface area (Å²) in [6.07, 6.45) is 12.0. The summed E-state index contributed by atoms with van der Waals surface area (Å²) < 4.78 is 11.1. The monoisotopic (exact) mass is 700 g/mol. The number of hydrogen-bond donors (Lipinski definition) is 6. The SMILES string of the molecule is CCC(C)C=C(C)C=CC=C(C)CC(C)CC(C)CC(C=C(C)C=CC(O)C(C)(C)c1cc(O)c(C2OC(CO)CC(O)C2O)c(=O)o1)CO. The maximum Gasteiger partial charge on any atom is 0.345 e. The average Bonchev–Trinajstić information content (AvgIpc) is 3.04. The minimum atomic E-state index is -1.51. The molecule has 0 aromatic carbocycles. The summed E-state index contributed by atoms with van der Waals surface area (Å²) >= 11 is 0. The van der Waals surface area contributed by atoms with Crippen molar-refractivity contribution in [3.05, 3.63) is 87.1 Å². The van der Waals surface area contributed by atoms with Crippen LogP contribution in [-0.2, 0) is 10.2 Å². The van der Waals surface area contributed by atoms with E-state index in [1.807, 2.05) is 13.0 Å². The predicted molar refractivity (Wildman–Crippen MR) is 199 cm³/mol. The van der Waals surface area contributed by atoms with Crippen LogP contribution in [0, 0.1) is 23.7 Å². The van der Waals surface area contributed by atoms with Crippen LogP contribution in [0.5, 0.6) is 5.75 Å². The maximum atomic E-state index is 13.0. The van der Waals surface area contributed by atoms with Crippen LogP contribution < -0.4 is 5.63 Å². The number of ether oxygens (including phenoxy) is 1. The zero-order valence-electron chi connectivity index (χ0n) is 31.7. The molecule has 50 heavy (non-hydrogen) atoms. The van der Waals surface area contributed by atoms with Gasteiger partial charge in [0.2, 0.25) is 0 Å². The summed E-state index contributed by atoms with van der Waals surface area (Å²) in [5, 5.41) is 62.1. The number of aliphatic hydroxyl groups excluding tert-OH is 5. The second-order valence-electron chi connectivity index (χ2n) is 15.3. The van der Waals surface area contributed by atoms with E-state index in [-0.39, 0.29) is 30.3 Å². The first-order valence-corrected chi connectivity index (χ1v) is 18.1. The lowest BCUT2D eigenvalue weighted by atomic mass is 9.82. The molecule has 9 heteroatoms. The number of allylic oxidation sites excluding steroid dienone is 8. The zero-order chi connectivity index (χ0) is 37.8. The van der Waals surface area contributed by atoms with Gasteiger partial charge in [-0.2, -0.15) is 0 Å². The quantitative estimate of drug-likeness (QED) is 0.0931. The number of aliphatic hydroxyl groups is 5. The van der Waals surface area contributed by atoms with Gasteiger partial charge in [0.1, 0.15) is 29.3 Å². The molecule has 0 saturated carbocycles. The average molecular weight is 701 g/mol. The fourth-order valence-corrected chi connectivity index (χ4v) is 6.62. The molecular weight excluding hydrogens is 636 g/mol. The molecule has 1 aromatic rings. The summed E-state index contributed by atoms with van der Waals surface area (Å²) in [5.41, 5.74) is 1.00. The molecule has 1 fully saturated rings. The van der Waals surface area contributed by atoms with Crippen LogP contribution in [0.3, 0.4) is 0 Å². The van der Waals surface area contributed by atoms with Crippen LogP contribution in [-0.4, -0.2) is 68.3 Å². The van der Waals surface area contributed by atoms with Gasteiger partial charge in [-0.15, -0.1) is 0 Å². The fourth-order valence-electron chi connectivity index (χ4n) is 6.62. The molecule has 282 valence electrons. The lowest BCUT2D eigenvalue weighted by Crippen LogP contribution is -2.46. The van der Waals surface area contributed by atoms with E-state index in [9.17, 15) is 35.4 Å². The lowest BCUT2D eigenvalue weighted by Gasteiger charge is -2.36. The summed E-state index contributed by atoms with van der Waals surface area (Å²) in [6, 6.07) is 1.20. The van der Waals surface area contributed by atoms with Crippen molar-refractivity contribution in [2.24, 2.45) is 23.7 Å². The molecule has 1 saturated heterocycles. The van der Waals surface area contributed by atoms with E-state index in [4.69, 9.17) is 9.15 Å². The Morgan fingerprint density at radius 3 is 2.28 bits per heavy atom. The van der Waals surface area contributed by atoms with E-state index < -0.39 is 53.9 Å². The van der Waals surface area contributed by atoms with Crippen molar-refractivity contribution in [2.75, 3.05) is 13.2 Å². The first-order chi connectivity index (χ1) is 23.4. The second kappa shape index (κ2) is 20.3. The Kier molecular flexibility index (Phi) is 17.6. The van der Waals surface area contributed by atoms with Crippen LogP contribution in [0.15, 0.2) is 74.5 Å². The van der Waals surface area contributed by atoms with E-state index >= 15 is 0 Å².